The van der Waals surface area contributed by atoms with Gasteiger partial charge in [-0.2, -0.15) is 0 Å². The molecular formula is C24H32N6O4. The van der Waals surface area contributed by atoms with Gasteiger partial charge in [0, 0.05) is 36.7 Å². The first kappa shape index (κ1) is 22.8. The van der Waals surface area contributed by atoms with Gasteiger partial charge < -0.3 is 19.2 Å². The van der Waals surface area contributed by atoms with Gasteiger partial charge in [0.2, 0.25) is 0 Å². The summed E-state index contributed by atoms with van der Waals surface area (Å²) in [6.07, 6.45) is 3.11. The summed E-state index contributed by atoms with van der Waals surface area (Å²) >= 11 is 0. The van der Waals surface area contributed by atoms with Crippen molar-refractivity contribution in [1.82, 2.24) is 30.1 Å². The molecule has 0 amide bonds. The zero-order chi connectivity index (χ0) is 23.7. The lowest BCUT2D eigenvalue weighted by Gasteiger charge is -2.28. The number of pyridine rings is 1. The standard InChI is InChI=1S/C24H32N6O4/c1-4-24(2,3)30-22(26-27-28-30)15-29(14-18-6-5-7-32-18)13-17-10-16-11-20-21(34-9-8-33-20)12-19(16)25-23(17)31/h10-12,18H,4-9,13-15H2,1-3H3,(H,25,31)/t18-/m1/s1. The Balaban J connectivity index is 1.44. The van der Waals surface area contributed by atoms with E-state index in [0.29, 0.717) is 49.9 Å². The molecule has 1 N–H and O–H groups in total. The first-order valence-corrected chi connectivity index (χ1v) is 12.0. The Morgan fingerprint density at radius 1 is 1.15 bits per heavy atom. The lowest BCUT2D eigenvalue weighted by atomic mass is 10.0. The Labute approximate surface area is 198 Å². The molecule has 0 bridgehead atoms. The molecule has 182 valence electrons. The van der Waals surface area contributed by atoms with Crippen molar-refractivity contribution in [2.24, 2.45) is 0 Å². The molecule has 2 aromatic heterocycles. The summed E-state index contributed by atoms with van der Waals surface area (Å²) in [5, 5.41) is 13.4. The van der Waals surface area contributed by atoms with Gasteiger partial charge in [0.25, 0.3) is 5.56 Å². The summed E-state index contributed by atoms with van der Waals surface area (Å²) in [6, 6.07) is 5.70. The van der Waals surface area contributed by atoms with Crippen molar-refractivity contribution in [2.75, 3.05) is 26.4 Å². The van der Waals surface area contributed by atoms with Crippen molar-refractivity contribution in [3.05, 3.63) is 39.9 Å². The lowest BCUT2D eigenvalue weighted by molar-refractivity contribution is 0.0655. The maximum atomic E-state index is 13.0. The van der Waals surface area contributed by atoms with Crippen molar-refractivity contribution < 1.29 is 14.2 Å². The van der Waals surface area contributed by atoms with E-state index in [1.807, 2.05) is 22.9 Å². The molecule has 3 aromatic rings. The average Bonchev–Trinajstić information content (AvgIpc) is 3.51. The maximum absolute atomic E-state index is 13.0. The molecule has 2 aliphatic heterocycles. The van der Waals surface area contributed by atoms with Crippen LogP contribution in [0.15, 0.2) is 23.0 Å². The molecule has 1 atom stereocenters. The van der Waals surface area contributed by atoms with Crippen molar-refractivity contribution >= 4 is 10.9 Å². The van der Waals surface area contributed by atoms with Crippen molar-refractivity contribution in [3.63, 3.8) is 0 Å². The molecule has 0 radical (unpaired) electrons. The number of hydrogen-bond donors (Lipinski definition) is 1. The van der Waals surface area contributed by atoms with E-state index in [9.17, 15) is 4.79 Å². The third-order valence-electron chi connectivity index (χ3n) is 6.80. The lowest BCUT2D eigenvalue weighted by Crippen LogP contribution is -2.36. The fourth-order valence-corrected chi connectivity index (χ4v) is 4.53. The fourth-order valence-electron chi connectivity index (χ4n) is 4.53. The van der Waals surface area contributed by atoms with Crippen LogP contribution >= 0.6 is 0 Å². The van der Waals surface area contributed by atoms with Gasteiger partial charge >= 0.3 is 0 Å². The number of tetrazole rings is 1. The summed E-state index contributed by atoms with van der Waals surface area (Å²) in [5.41, 5.74) is 1.10. The minimum Gasteiger partial charge on any atom is -0.486 e. The molecule has 34 heavy (non-hydrogen) atoms. The number of aromatic nitrogens is 5. The van der Waals surface area contributed by atoms with E-state index >= 15 is 0 Å². The van der Waals surface area contributed by atoms with E-state index in [1.54, 1.807) is 0 Å². The van der Waals surface area contributed by atoms with Gasteiger partial charge in [-0.1, -0.05) is 6.92 Å². The van der Waals surface area contributed by atoms with Crippen LogP contribution in [0.1, 0.15) is 51.4 Å². The van der Waals surface area contributed by atoms with Crippen molar-refractivity contribution in [3.8, 4) is 11.5 Å². The van der Waals surface area contributed by atoms with Gasteiger partial charge in [0.05, 0.1) is 23.7 Å². The van der Waals surface area contributed by atoms with Gasteiger partial charge in [0.15, 0.2) is 17.3 Å². The number of fused-ring (bicyclic) bond motifs is 2. The second kappa shape index (κ2) is 9.34. The highest BCUT2D eigenvalue weighted by Crippen LogP contribution is 2.33. The Hall–Kier alpha value is -2.98. The molecule has 0 saturated carbocycles. The summed E-state index contributed by atoms with van der Waals surface area (Å²) in [5.74, 6) is 2.14. The molecule has 1 fully saturated rings. The van der Waals surface area contributed by atoms with Gasteiger partial charge in [-0.15, -0.1) is 5.10 Å². The Bertz CT molecular complexity index is 1210. The van der Waals surface area contributed by atoms with Crippen LogP contribution in [0.4, 0.5) is 0 Å². The molecule has 1 saturated heterocycles. The predicted octanol–water partition coefficient (Wildman–Crippen LogP) is 2.61. The zero-order valence-corrected chi connectivity index (χ0v) is 20.0. The normalized spacial score (nSPS) is 18.2. The minimum atomic E-state index is -0.198. The SMILES string of the molecule is CCC(C)(C)n1nnnc1CN(Cc1cc2cc3c(cc2[nH]c1=O)OCCO3)C[C@H]1CCCO1. The molecule has 10 nitrogen and oxygen atoms in total. The topological polar surface area (TPSA) is 107 Å². The van der Waals surface area contributed by atoms with Crippen LogP contribution in [0.3, 0.4) is 0 Å². The Morgan fingerprint density at radius 2 is 1.94 bits per heavy atom. The number of hydrogen-bond acceptors (Lipinski definition) is 8. The number of ether oxygens (including phenoxy) is 3. The molecule has 4 heterocycles. The molecular weight excluding hydrogens is 436 g/mol. The first-order valence-electron chi connectivity index (χ1n) is 12.0. The van der Waals surface area contributed by atoms with E-state index in [-0.39, 0.29) is 17.2 Å². The van der Waals surface area contributed by atoms with Crippen LogP contribution in [-0.2, 0) is 23.4 Å². The molecule has 2 aliphatic rings. The van der Waals surface area contributed by atoms with Gasteiger partial charge in [-0.05, 0) is 55.7 Å². The van der Waals surface area contributed by atoms with Gasteiger partial charge in [-0.3, -0.25) is 9.69 Å². The van der Waals surface area contributed by atoms with Crippen LogP contribution in [0.5, 0.6) is 11.5 Å². The Kier molecular flexibility index (Phi) is 6.26. The van der Waals surface area contributed by atoms with Crippen molar-refractivity contribution in [1.29, 1.82) is 0 Å². The molecule has 0 spiro atoms. The van der Waals surface area contributed by atoms with E-state index in [1.165, 1.54) is 0 Å². The molecule has 1 aromatic carbocycles. The minimum absolute atomic E-state index is 0.116. The van der Waals surface area contributed by atoms with Crippen molar-refractivity contribution in [2.45, 2.75) is 64.8 Å². The largest absolute Gasteiger partial charge is 0.486 e. The van der Waals surface area contributed by atoms with Crippen LogP contribution in [-0.4, -0.2) is 62.6 Å². The zero-order valence-electron chi connectivity index (χ0n) is 20.0. The van der Waals surface area contributed by atoms with E-state index in [0.717, 1.165) is 42.6 Å². The second-order valence-corrected chi connectivity index (χ2v) is 9.68. The summed E-state index contributed by atoms with van der Waals surface area (Å²) in [7, 11) is 0. The van der Waals surface area contributed by atoms with Crippen LogP contribution in [0.25, 0.3) is 10.9 Å². The number of nitrogens with zero attached hydrogens (tertiary/aromatic N) is 5. The number of benzene rings is 1. The third-order valence-corrected chi connectivity index (χ3v) is 6.80. The van der Waals surface area contributed by atoms with Crippen LogP contribution < -0.4 is 15.0 Å². The van der Waals surface area contributed by atoms with E-state index in [2.05, 4.69) is 46.2 Å². The fraction of sp³-hybridized carbons (Fsp3) is 0.583. The molecule has 0 unspecified atom stereocenters. The highest BCUT2D eigenvalue weighted by atomic mass is 16.6. The number of rotatable bonds is 8. The smallest absolute Gasteiger partial charge is 0.252 e. The number of H-pyrrole nitrogens is 1. The first-order chi connectivity index (χ1) is 16.4. The summed E-state index contributed by atoms with van der Waals surface area (Å²) in [4.78, 5) is 18.2. The summed E-state index contributed by atoms with van der Waals surface area (Å²) in [6.45, 7) is 9.86. The quantitative estimate of drug-likeness (QED) is 0.538. The van der Waals surface area contributed by atoms with Crippen LogP contribution in [0, 0.1) is 0 Å². The van der Waals surface area contributed by atoms with E-state index in [4.69, 9.17) is 14.2 Å². The highest BCUT2D eigenvalue weighted by Gasteiger charge is 2.27. The van der Waals surface area contributed by atoms with Crippen LogP contribution in [0.2, 0.25) is 0 Å². The Morgan fingerprint density at radius 3 is 2.68 bits per heavy atom. The molecule has 0 aliphatic carbocycles. The predicted molar refractivity (Wildman–Crippen MR) is 126 cm³/mol. The maximum Gasteiger partial charge on any atom is 0.252 e. The number of aromatic amines is 1. The summed E-state index contributed by atoms with van der Waals surface area (Å²) < 4.78 is 19.2. The molecule has 10 heteroatoms. The second-order valence-electron chi connectivity index (χ2n) is 9.68. The third kappa shape index (κ3) is 4.65. The number of nitrogens with one attached hydrogen (secondary N) is 1. The highest BCUT2D eigenvalue weighted by molar-refractivity contribution is 5.83. The molecule has 5 rings (SSSR count). The average molecular weight is 469 g/mol. The van der Waals surface area contributed by atoms with Gasteiger partial charge in [-0.25, -0.2) is 4.68 Å². The van der Waals surface area contributed by atoms with Gasteiger partial charge in [0.1, 0.15) is 13.2 Å². The monoisotopic (exact) mass is 468 g/mol. The van der Waals surface area contributed by atoms with E-state index < -0.39 is 0 Å².